The number of rotatable bonds is 20. The Morgan fingerprint density at radius 3 is 1.37 bits per heavy atom. The Bertz CT molecular complexity index is 1680. The van der Waals surface area contributed by atoms with E-state index in [0.717, 1.165) is 6.92 Å². The van der Waals surface area contributed by atoms with Crippen LogP contribution in [-0.4, -0.2) is 323 Å². The van der Waals surface area contributed by atoms with Gasteiger partial charge in [0.25, 0.3) is 0 Å². The topological polar surface area (TPSA) is 510 Å². The molecule has 30 unspecified atom stereocenters. The highest BCUT2D eigenvalue weighted by Crippen LogP contribution is 2.37. The van der Waals surface area contributed by atoms with Crippen LogP contribution in [0.1, 0.15) is 20.3 Å². The summed E-state index contributed by atoms with van der Waals surface area (Å²) in [5, 5.41) is 186. The standard InChI is InChI=1S/C41H72N2O30/c1-11-19(50)23(54)27(58)38(63-11)73-35-24(55)20(51)13(6-44)66-41(35)71-33-18(43-12(2)49)36(64-14(7-45)21(33)52)72-34-22(53)15(8-46)65-40(30(34)61)70-32-17(10-48)68-39(29(60)26(32)57)69-31-16(9-47)67-37(28(59)25(31)56)62-5-3-4-42/h11,13-41,44-48,50-61H,3-10,42H2,1-2H3,(H,43,49). The first-order valence-corrected chi connectivity index (χ1v) is 23.7. The quantitative estimate of drug-likeness (QED) is 0.0503. The molecule has 0 aromatic carbocycles. The lowest BCUT2D eigenvalue weighted by Gasteiger charge is -2.51. The van der Waals surface area contributed by atoms with Crippen LogP contribution >= 0.6 is 0 Å². The van der Waals surface area contributed by atoms with Crippen LogP contribution in [-0.2, 0) is 61.6 Å². The van der Waals surface area contributed by atoms with Gasteiger partial charge in [0.2, 0.25) is 5.91 Å². The predicted molar refractivity (Wildman–Crippen MR) is 227 cm³/mol. The minimum Gasteiger partial charge on any atom is -0.394 e. The number of carbonyl (C=O) groups is 1. The smallest absolute Gasteiger partial charge is 0.217 e. The lowest BCUT2D eigenvalue weighted by molar-refractivity contribution is -0.393. The van der Waals surface area contributed by atoms with Crippen molar-refractivity contribution < 1.29 is 148 Å². The summed E-state index contributed by atoms with van der Waals surface area (Å²) in [7, 11) is 0. The molecule has 32 heteroatoms. The number of amides is 1. The van der Waals surface area contributed by atoms with Gasteiger partial charge < -0.3 is 155 Å². The van der Waals surface area contributed by atoms with E-state index in [1.54, 1.807) is 0 Å². The predicted octanol–water partition coefficient (Wildman–Crippen LogP) is -12.6. The third kappa shape index (κ3) is 13.2. The van der Waals surface area contributed by atoms with E-state index >= 15 is 0 Å². The molecule has 6 heterocycles. The van der Waals surface area contributed by atoms with E-state index in [0.29, 0.717) is 6.42 Å². The summed E-state index contributed by atoms with van der Waals surface area (Å²) >= 11 is 0. The van der Waals surface area contributed by atoms with Gasteiger partial charge in [-0.2, -0.15) is 0 Å². The van der Waals surface area contributed by atoms with Crippen molar-refractivity contribution in [2.75, 3.05) is 46.2 Å². The highest BCUT2D eigenvalue weighted by Gasteiger charge is 2.58. The Labute approximate surface area is 415 Å². The molecular weight excluding hydrogens is 1000 g/mol. The fourth-order valence-electron chi connectivity index (χ4n) is 9.25. The molecule has 6 rings (SSSR count). The second-order valence-electron chi connectivity index (χ2n) is 18.5. The van der Waals surface area contributed by atoms with Crippen molar-refractivity contribution in [3.63, 3.8) is 0 Å². The third-order valence-electron chi connectivity index (χ3n) is 13.4. The number of aliphatic hydroxyl groups excluding tert-OH is 17. The zero-order chi connectivity index (χ0) is 53.7. The van der Waals surface area contributed by atoms with Crippen LogP contribution in [0.2, 0.25) is 0 Å². The van der Waals surface area contributed by atoms with E-state index < -0.39 is 223 Å². The number of hydrogen-bond donors (Lipinski definition) is 19. The van der Waals surface area contributed by atoms with Gasteiger partial charge in [-0.15, -0.1) is 0 Å². The van der Waals surface area contributed by atoms with Crippen molar-refractivity contribution in [1.29, 1.82) is 0 Å². The summed E-state index contributed by atoms with van der Waals surface area (Å²) in [6, 6.07) is -1.78. The van der Waals surface area contributed by atoms with E-state index in [2.05, 4.69) is 5.32 Å². The van der Waals surface area contributed by atoms with Crippen molar-refractivity contribution in [3.05, 3.63) is 0 Å². The van der Waals surface area contributed by atoms with E-state index in [4.69, 9.17) is 62.6 Å². The van der Waals surface area contributed by atoms with Gasteiger partial charge in [-0.25, -0.2) is 0 Å². The van der Waals surface area contributed by atoms with Gasteiger partial charge in [-0.3, -0.25) is 4.79 Å². The Kier molecular flexibility index (Phi) is 22.2. The summed E-state index contributed by atoms with van der Waals surface area (Å²) in [5.74, 6) is -0.860. The molecule has 0 aliphatic carbocycles. The molecule has 0 spiro atoms. The van der Waals surface area contributed by atoms with Crippen molar-refractivity contribution in [2.45, 2.75) is 204 Å². The maximum atomic E-state index is 12.8. The second kappa shape index (κ2) is 26.8. The highest BCUT2D eigenvalue weighted by atomic mass is 16.8. The fraction of sp³-hybridized carbons (Fsp3) is 0.976. The Hall–Kier alpha value is -1.73. The van der Waals surface area contributed by atoms with Crippen LogP contribution < -0.4 is 11.1 Å². The Morgan fingerprint density at radius 2 is 0.822 bits per heavy atom. The number of ether oxygens (including phenoxy) is 12. The molecule has 0 aromatic rings. The average molecular weight is 1070 g/mol. The number of nitrogens with one attached hydrogen (secondary N) is 1. The summed E-state index contributed by atoms with van der Waals surface area (Å²) < 4.78 is 68.8. The van der Waals surface area contributed by atoms with Gasteiger partial charge >= 0.3 is 0 Å². The molecule has 6 fully saturated rings. The van der Waals surface area contributed by atoms with Gasteiger partial charge in [0.15, 0.2) is 37.7 Å². The molecule has 6 aliphatic heterocycles. The van der Waals surface area contributed by atoms with Crippen molar-refractivity contribution >= 4 is 5.91 Å². The summed E-state index contributed by atoms with van der Waals surface area (Å²) in [6.45, 7) is -2.19. The van der Waals surface area contributed by atoms with Gasteiger partial charge in [-0.1, -0.05) is 0 Å². The van der Waals surface area contributed by atoms with E-state index in [1.807, 2.05) is 0 Å². The molecule has 6 aliphatic rings. The first kappa shape index (κ1) is 60.5. The largest absolute Gasteiger partial charge is 0.394 e. The van der Waals surface area contributed by atoms with Crippen LogP contribution in [0.15, 0.2) is 0 Å². The monoisotopic (exact) mass is 1070 g/mol. The lowest BCUT2D eigenvalue weighted by atomic mass is 9.94. The first-order chi connectivity index (χ1) is 34.7. The number of nitrogens with two attached hydrogens (primary N) is 1. The molecule has 426 valence electrons. The summed E-state index contributed by atoms with van der Waals surface area (Å²) in [5.41, 5.74) is 5.47. The molecule has 6 saturated heterocycles. The van der Waals surface area contributed by atoms with Crippen LogP contribution in [0.4, 0.5) is 0 Å². The second-order valence-corrected chi connectivity index (χ2v) is 18.5. The molecule has 0 saturated carbocycles. The Morgan fingerprint density at radius 1 is 0.425 bits per heavy atom. The summed E-state index contributed by atoms with van der Waals surface area (Å²) in [4.78, 5) is 12.8. The average Bonchev–Trinajstić information content (AvgIpc) is 3.37. The molecule has 1 amide bonds. The molecular formula is C41H72N2O30. The maximum Gasteiger partial charge on any atom is 0.217 e. The van der Waals surface area contributed by atoms with Gasteiger partial charge in [0.05, 0.1) is 45.7 Å². The maximum absolute atomic E-state index is 12.8. The third-order valence-corrected chi connectivity index (χ3v) is 13.4. The summed E-state index contributed by atoms with van der Waals surface area (Å²) in [6.07, 6.45) is -52.9. The van der Waals surface area contributed by atoms with Crippen LogP contribution in [0.25, 0.3) is 0 Å². The highest BCUT2D eigenvalue weighted by molar-refractivity contribution is 5.73. The minimum atomic E-state index is -2.21. The first-order valence-electron chi connectivity index (χ1n) is 23.7. The van der Waals surface area contributed by atoms with Crippen molar-refractivity contribution in [1.82, 2.24) is 5.32 Å². The molecule has 0 aromatic heterocycles. The molecule has 0 bridgehead atoms. The van der Waals surface area contributed by atoms with E-state index in [1.165, 1.54) is 6.92 Å². The van der Waals surface area contributed by atoms with Crippen LogP contribution in [0.5, 0.6) is 0 Å². The van der Waals surface area contributed by atoms with Crippen molar-refractivity contribution in [3.8, 4) is 0 Å². The lowest BCUT2D eigenvalue weighted by Crippen LogP contribution is -2.70. The number of aliphatic hydroxyl groups is 17. The van der Waals surface area contributed by atoms with Crippen LogP contribution in [0, 0.1) is 0 Å². The van der Waals surface area contributed by atoms with Crippen molar-refractivity contribution in [2.24, 2.45) is 5.73 Å². The molecule has 32 nitrogen and oxygen atoms in total. The SMILES string of the molecule is CC(=O)NC1C(OC2C(O)C(CO)OC(OC3C(CO)OC(OC4C(CO)OC(OCCCN)C(O)C4O)C(O)C3O)C2O)OC(CO)C(O)C1OC1OC(CO)C(O)C(O)C1OC1OC(C)C(O)C(O)C1O. The molecule has 30 atom stereocenters. The van der Waals surface area contributed by atoms with Crippen LogP contribution in [0.3, 0.4) is 0 Å². The normalized spacial score (nSPS) is 49.9. The molecule has 20 N–H and O–H groups in total. The van der Waals surface area contributed by atoms with E-state index in [-0.39, 0.29) is 13.2 Å². The van der Waals surface area contributed by atoms with E-state index in [9.17, 15) is 91.6 Å². The molecule has 73 heavy (non-hydrogen) atoms. The Balaban J connectivity index is 1.21. The number of hydrogen-bond acceptors (Lipinski definition) is 31. The zero-order valence-corrected chi connectivity index (χ0v) is 39.5. The number of carbonyl (C=O) groups excluding carboxylic acids is 1. The minimum absolute atomic E-state index is 0.0246. The van der Waals surface area contributed by atoms with Gasteiger partial charge in [-0.05, 0) is 19.9 Å². The zero-order valence-electron chi connectivity index (χ0n) is 39.5. The molecule has 0 radical (unpaired) electrons. The van der Waals surface area contributed by atoms with Gasteiger partial charge in [0, 0.05) is 6.92 Å². The fourth-order valence-corrected chi connectivity index (χ4v) is 9.25. The van der Waals surface area contributed by atoms with Gasteiger partial charge in [0.1, 0.15) is 140 Å².